The Morgan fingerprint density at radius 2 is 1.55 bits per heavy atom. The van der Waals surface area contributed by atoms with Gasteiger partial charge in [0.2, 0.25) is 0 Å². The zero-order chi connectivity index (χ0) is 29.1. The lowest BCUT2D eigenvalue weighted by Crippen LogP contribution is -2.23. The van der Waals surface area contributed by atoms with Gasteiger partial charge in [-0.05, 0) is 48.0 Å². The molecule has 0 aliphatic rings. The Balaban J connectivity index is 1.69. The summed E-state index contributed by atoms with van der Waals surface area (Å²) in [5, 5.41) is 7.75. The normalized spacial score (nSPS) is 11.9. The van der Waals surface area contributed by atoms with Gasteiger partial charge in [-0.3, -0.25) is 10.3 Å². The van der Waals surface area contributed by atoms with Crippen LogP contribution in [0.3, 0.4) is 0 Å². The number of methoxy groups -OCH3 is 1. The van der Waals surface area contributed by atoms with Gasteiger partial charge >= 0.3 is 12.1 Å². The first kappa shape index (κ1) is 29.7. The highest BCUT2D eigenvalue weighted by Gasteiger charge is 2.30. The molecule has 0 heterocycles. The van der Waals surface area contributed by atoms with Crippen LogP contribution in [0.25, 0.3) is 0 Å². The lowest BCUT2D eigenvalue weighted by Gasteiger charge is -2.14. The maximum atomic E-state index is 13.0. The maximum Gasteiger partial charge on any atom is 0.416 e. The highest BCUT2D eigenvalue weighted by molar-refractivity contribution is 6.43. The van der Waals surface area contributed by atoms with Crippen molar-refractivity contribution >= 4 is 17.4 Å². The number of alkyl halides is 3. The fraction of sp³-hybridized carbons (Fsp3) is 0.179. The second-order valence-electron chi connectivity index (χ2n) is 7.91. The number of allylic oxidation sites excluding steroid dienone is 1. The average molecular weight is 558 g/mol. The van der Waals surface area contributed by atoms with Crippen LogP contribution in [-0.4, -0.2) is 38.7 Å². The molecule has 0 aromatic heterocycles. The molecule has 0 spiro atoms. The van der Waals surface area contributed by atoms with Crippen molar-refractivity contribution < 1.29 is 42.0 Å². The Morgan fingerprint density at radius 3 is 2.20 bits per heavy atom. The van der Waals surface area contributed by atoms with Gasteiger partial charge in [0.05, 0.1) is 18.4 Å². The minimum Gasteiger partial charge on any atom is -0.464 e. The molecule has 3 aromatic rings. The molecule has 1 N–H and O–H groups in total. The van der Waals surface area contributed by atoms with Crippen LogP contribution in [-0.2, 0) is 36.8 Å². The summed E-state index contributed by atoms with van der Waals surface area (Å²) >= 11 is 0. The number of halogens is 3. The third kappa shape index (κ3) is 7.84. The molecule has 0 radical (unpaired) electrons. The molecule has 0 unspecified atom stereocenters. The largest absolute Gasteiger partial charge is 0.464 e. The lowest BCUT2D eigenvalue weighted by atomic mass is 10.0. The van der Waals surface area contributed by atoms with Gasteiger partial charge in [-0.2, -0.15) is 13.2 Å². The smallest absolute Gasteiger partial charge is 0.416 e. The molecule has 3 aromatic carbocycles. The third-order valence-electron chi connectivity index (χ3n) is 5.25. The summed E-state index contributed by atoms with van der Waals surface area (Å²) in [5.41, 5.74) is 4.00. The third-order valence-corrected chi connectivity index (χ3v) is 5.25. The Morgan fingerprint density at radius 1 is 0.875 bits per heavy atom. The molecule has 12 heteroatoms. The number of hydrogen-bond donors (Lipinski definition) is 1. The van der Waals surface area contributed by atoms with E-state index in [-0.39, 0.29) is 29.5 Å². The number of esters is 1. The van der Waals surface area contributed by atoms with E-state index in [2.05, 4.69) is 22.4 Å². The number of carbonyl (C=O) groups is 1. The quantitative estimate of drug-likeness (QED) is 0.176. The molecule has 40 heavy (non-hydrogen) atoms. The summed E-state index contributed by atoms with van der Waals surface area (Å²) in [4.78, 5) is 27.5. The maximum absolute atomic E-state index is 13.0. The summed E-state index contributed by atoms with van der Waals surface area (Å²) in [6.45, 7) is 3.93. The number of nitrogens with one attached hydrogen (secondary N) is 1. The van der Waals surface area contributed by atoms with Gasteiger partial charge in [0.15, 0.2) is 5.71 Å². The second kappa shape index (κ2) is 13.8. The molecule has 0 amide bonds. The van der Waals surface area contributed by atoms with Crippen LogP contribution in [0.2, 0.25) is 0 Å². The zero-order valence-corrected chi connectivity index (χ0v) is 21.8. The number of nitrogens with zero attached hydrogens (tertiary/aromatic N) is 2. The highest BCUT2D eigenvalue weighted by atomic mass is 19.4. The number of rotatable bonds is 12. The van der Waals surface area contributed by atoms with Crippen molar-refractivity contribution in [1.29, 1.82) is 0 Å². The Bertz CT molecular complexity index is 1390. The highest BCUT2D eigenvalue weighted by Crippen LogP contribution is 2.32. The first-order valence-electron chi connectivity index (χ1n) is 11.6. The molecular formula is C28H26F3N3O6. The summed E-state index contributed by atoms with van der Waals surface area (Å²) in [6, 6.07) is 17.9. The van der Waals surface area contributed by atoms with E-state index >= 15 is 0 Å². The van der Waals surface area contributed by atoms with Gasteiger partial charge in [-0.15, -0.1) is 0 Å². The Hall–Kier alpha value is -4.84. The molecule has 210 valence electrons. The number of ether oxygens (including phenoxy) is 2. The number of benzene rings is 3. The van der Waals surface area contributed by atoms with Gasteiger partial charge in [0.1, 0.15) is 38.0 Å². The molecule has 0 atom stereocenters. The minimum atomic E-state index is -4.48. The van der Waals surface area contributed by atoms with E-state index in [1.54, 1.807) is 48.5 Å². The van der Waals surface area contributed by atoms with E-state index in [1.807, 2.05) is 0 Å². The summed E-state index contributed by atoms with van der Waals surface area (Å²) in [7, 11) is 3.91. The summed E-state index contributed by atoms with van der Waals surface area (Å²) in [6.07, 6.45) is -4.48. The van der Waals surface area contributed by atoms with Gasteiger partial charge in [0.25, 0.3) is 0 Å². The number of hydrogen-bond acceptors (Lipinski definition) is 9. The monoisotopic (exact) mass is 557 g/mol. The first-order valence-corrected chi connectivity index (χ1v) is 11.6. The number of oxime groups is 2. The van der Waals surface area contributed by atoms with Crippen LogP contribution < -0.4 is 10.2 Å². The van der Waals surface area contributed by atoms with Crippen molar-refractivity contribution in [3.05, 3.63) is 107 Å². The van der Waals surface area contributed by atoms with Gasteiger partial charge < -0.3 is 19.1 Å². The van der Waals surface area contributed by atoms with E-state index in [4.69, 9.17) is 24.0 Å². The second-order valence-corrected chi connectivity index (χ2v) is 7.91. The summed E-state index contributed by atoms with van der Waals surface area (Å²) in [5.74, 6) is -0.328. The van der Waals surface area contributed by atoms with Crippen LogP contribution in [0.5, 0.6) is 11.5 Å². The fourth-order valence-corrected chi connectivity index (χ4v) is 3.44. The van der Waals surface area contributed by atoms with Crippen LogP contribution in [0.4, 0.5) is 13.2 Å². The predicted octanol–water partition coefficient (Wildman–Crippen LogP) is 5.61. The molecule has 0 aliphatic heterocycles. The number of carbonyl (C=O) groups excluding carboxylic acids is 1. The Labute approximate surface area is 228 Å². The molecule has 0 saturated carbocycles. The van der Waals surface area contributed by atoms with Gasteiger partial charge in [-0.25, -0.2) is 4.79 Å². The van der Waals surface area contributed by atoms with Crippen molar-refractivity contribution in [1.82, 2.24) is 5.48 Å². The minimum absolute atomic E-state index is 0.00104. The fourth-order valence-electron chi connectivity index (χ4n) is 3.44. The van der Waals surface area contributed by atoms with Crippen molar-refractivity contribution in [3.63, 3.8) is 0 Å². The van der Waals surface area contributed by atoms with Crippen molar-refractivity contribution in [2.45, 2.75) is 12.8 Å². The molecule has 0 saturated heterocycles. The van der Waals surface area contributed by atoms with E-state index in [0.29, 0.717) is 22.4 Å². The first-order chi connectivity index (χ1) is 19.2. The predicted molar refractivity (Wildman–Crippen MR) is 141 cm³/mol. The lowest BCUT2D eigenvalue weighted by molar-refractivity contribution is -0.137. The van der Waals surface area contributed by atoms with E-state index in [9.17, 15) is 18.0 Å². The van der Waals surface area contributed by atoms with Crippen molar-refractivity contribution in [2.24, 2.45) is 10.3 Å². The molecule has 0 aliphatic carbocycles. The molecule has 0 fully saturated rings. The van der Waals surface area contributed by atoms with Crippen molar-refractivity contribution in [3.8, 4) is 11.5 Å². The molecule has 0 bridgehead atoms. The average Bonchev–Trinajstić information content (AvgIpc) is 2.95. The molecular weight excluding hydrogens is 531 g/mol. The SMILES string of the molecule is C=C(NOCc1ccccc1C(=NOC)C(=O)OC)C(=NOC)c1ccc(Oc2cccc(C(F)(F)F)c2)cc1. The van der Waals surface area contributed by atoms with Crippen LogP contribution in [0.15, 0.2) is 95.4 Å². The zero-order valence-electron chi connectivity index (χ0n) is 21.8. The van der Waals surface area contributed by atoms with E-state index in [0.717, 1.165) is 12.1 Å². The Kier molecular flexibility index (Phi) is 10.3. The number of hydroxylamine groups is 1. The standard InChI is InChI=1S/C28H26F3N3O6/c1-18(32-39-17-20-8-5-6-11-24(20)26(34-38-4)27(35)36-2)25(33-37-3)19-12-14-22(15-13-19)40-23-10-7-9-21(16-23)28(29,30)31/h5-16,32H,1,17H2,2-4H3. The molecule has 3 rings (SSSR count). The summed E-state index contributed by atoms with van der Waals surface area (Å²) < 4.78 is 49.3. The van der Waals surface area contributed by atoms with Gasteiger partial charge in [0, 0.05) is 11.1 Å². The topological polar surface area (TPSA) is 100.0 Å². The van der Waals surface area contributed by atoms with Crippen LogP contribution >= 0.6 is 0 Å². The van der Waals surface area contributed by atoms with E-state index in [1.165, 1.54) is 33.5 Å². The van der Waals surface area contributed by atoms with Crippen LogP contribution in [0.1, 0.15) is 22.3 Å². The van der Waals surface area contributed by atoms with E-state index < -0.39 is 17.7 Å². The van der Waals surface area contributed by atoms with Gasteiger partial charge in [-0.1, -0.05) is 47.2 Å². The van der Waals surface area contributed by atoms with Crippen molar-refractivity contribution in [2.75, 3.05) is 21.3 Å². The van der Waals surface area contributed by atoms with Crippen LogP contribution in [0, 0.1) is 0 Å². The molecule has 9 nitrogen and oxygen atoms in total.